The van der Waals surface area contributed by atoms with Crippen molar-refractivity contribution in [1.29, 1.82) is 0 Å². The zero-order valence-corrected chi connectivity index (χ0v) is 11.8. The Bertz CT molecular complexity index is 63.3. The molecule has 0 amide bonds. The van der Waals surface area contributed by atoms with Crippen molar-refractivity contribution in [1.82, 2.24) is 0 Å². The molecule has 0 aliphatic carbocycles. The van der Waals surface area contributed by atoms with E-state index in [4.69, 9.17) is 0 Å². The molecule has 0 atom stereocenters. The molecule has 0 unspecified atom stereocenters. The summed E-state index contributed by atoms with van der Waals surface area (Å²) in [7, 11) is 0. The van der Waals surface area contributed by atoms with Gasteiger partial charge < -0.3 is 0 Å². The van der Waals surface area contributed by atoms with Gasteiger partial charge in [0.25, 0.3) is 0 Å². The molecular weight excluding hydrogens is 239 g/mol. The van der Waals surface area contributed by atoms with Crippen LogP contribution in [0.5, 0.6) is 0 Å². The van der Waals surface area contributed by atoms with Gasteiger partial charge in [0.15, 0.2) is 0 Å². The van der Waals surface area contributed by atoms with Crippen molar-refractivity contribution in [3.05, 3.63) is 0 Å². The van der Waals surface area contributed by atoms with Gasteiger partial charge in [-0.25, -0.2) is 0 Å². The second-order valence-corrected chi connectivity index (χ2v) is 14.1. The Balaban J connectivity index is 3.25. The quantitative estimate of drug-likeness (QED) is 0.612. The normalized spacial score (nSPS) is 10.9. The van der Waals surface area contributed by atoms with E-state index in [9.17, 15) is 0 Å². The first kappa shape index (κ1) is 11.8. The molecule has 1 heteroatoms. The number of unbranched alkanes of at least 4 members (excludes halogenated alkanes) is 2. The van der Waals surface area contributed by atoms with Gasteiger partial charge in [-0.2, -0.15) is 0 Å². The maximum absolute atomic E-state index is 2.42. The molecule has 0 bridgehead atoms. The van der Waals surface area contributed by atoms with E-state index in [0.717, 1.165) is 0 Å². The van der Waals surface area contributed by atoms with Crippen LogP contribution in [0.15, 0.2) is 0 Å². The van der Waals surface area contributed by atoms with Crippen LogP contribution in [0.4, 0.5) is 0 Å². The van der Waals surface area contributed by atoms with Gasteiger partial charge in [-0.1, -0.05) is 0 Å². The fourth-order valence-corrected chi connectivity index (χ4v) is 10.3. The van der Waals surface area contributed by atoms with Gasteiger partial charge in [-0.15, -0.1) is 0 Å². The minimum atomic E-state index is -0.899. The molecule has 0 radical (unpaired) electrons. The van der Waals surface area contributed by atoms with Crippen LogP contribution in [-0.2, 0) is 0 Å². The molecule has 0 spiro atoms. The van der Waals surface area contributed by atoms with Crippen LogP contribution in [0.1, 0.15) is 46.5 Å². The van der Waals surface area contributed by atoms with E-state index in [1.54, 1.807) is 13.3 Å². The van der Waals surface area contributed by atoms with Crippen LogP contribution >= 0.6 is 0 Å². The van der Waals surface area contributed by atoms with Gasteiger partial charge in [0.05, 0.1) is 0 Å². The van der Waals surface area contributed by atoms with Crippen molar-refractivity contribution < 1.29 is 0 Å². The zero-order valence-electron chi connectivity index (χ0n) is 8.53. The average molecular weight is 263 g/mol. The molecule has 0 aliphatic rings. The van der Waals surface area contributed by atoms with E-state index < -0.39 is 19.8 Å². The van der Waals surface area contributed by atoms with Gasteiger partial charge in [0, 0.05) is 0 Å². The zero-order chi connectivity index (χ0) is 8.53. The van der Waals surface area contributed by atoms with Gasteiger partial charge in [0.2, 0.25) is 0 Å². The first-order valence-electron chi connectivity index (χ1n) is 5.35. The van der Waals surface area contributed by atoms with Crippen LogP contribution in [0.25, 0.3) is 0 Å². The summed E-state index contributed by atoms with van der Waals surface area (Å²) in [6, 6.07) is 0. The van der Waals surface area contributed by atoms with E-state index in [1.807, 2.05) is 0 Å². The predicted molar refractivity (Wildman–Crippen MR) is 57.1 cm³/mol. The first-order valence-corrected chi connectivity index (χ1v) is 12.3. The molecule has 0 nitrogen and oxygen atoms in total. The Morgan fingerprint density at radius 2 is 1.27 bits per heavy atom. The molecule has 0 aliphatic heterocycles. The summed E-state index contributed by atoms with van der Waals surface area (Å²) in [5, 5.41) is 0. The van der Waals surface area contributed by atoms with Crippen molar-refractivity contribution in [2.75, 3.05) is 0 Å². The molecule has 0 aromatic carbocycles. The van der Waals surface area contributed by atoms with E-state index in [2.05, 4.69) is 20.8 Å². The maximum atomic E-state index is 2.42. The molecular formula is C10H24Sn. The molecule has 68 valence electrons. The summed E-state index contributed by atoms with van der Waals surface area (Å²) in [6.07, 6.45) is 5.88. The van der Waals surface area contributed by atoms with Crippen LogP contribution in [-0.4, -0.2) is 19.8 Å². The third-order valence-corrected chi connectivity index (χ3v) is 12.8. The fraction of sp³-hybridized carbons (Fsp3) is 1.00. The molecule has 0 aromatic rings. The van der Waals surface area contributed by atoms with E-state index in [0.29, 0.717) is 0 Å². The Kier molecular flexibility index (Phi) is 9.54. The third-order valence-electron chi connectivity index (χ3n) is 2.51. The van der Waals surface area contributed by atoms with E-state index >= 15 is 0 Å². The van der Waals surface area contributed by atoms with E-state index in [1.165, 1.54) is 25.7 Å². The van der Waals surface area contributed by atoms with Crippen molar-refractivity contribution in [2.45, 2.75) is 59.8 Å². The van der Waals surface area contributed by atoms with Gasteiger partial charge in [-0.05, 0) is 0 Å². The number of hydrogen-bond donors (Lipinski definition) is 0. The Labute approximate surface area is 79.5 Å². The molecule has 11 heavy (non-hydrogen) atoms. The number of rotatable bonds is 7. The molecule has 0 saturated carbocycles. The summed E-state index contributed by atoms with van der Waals surface area (Å²) < 4.78 is 4.95. The van der Waals surface area contributed by atoms with Crippen molar-refractivity contribution in [3.63, 3.8) is 0 Å². The van der Waals surface area contributed by atoms with Gasteiger partial charge in [-0.3, -0.25) is 0 Å². The standard InChI is InChI=1S/2C4H9.C2H5.Sn.H/c2*1-3-4-2;1-2;;/h2*1,3-4H2,2H3;1H2,2H3;;. The molecule has 0 heterocycles. The molecule has 0 N–H and O–H groups in total. The minimum absolute atomic E-state index is 0.899. The van der Waals surface area contributed by atoms with Crippen LogP contribution in [0, 0.1) is 0 Å². The SMILES string of the molecule is CCC[CH2][SnH]([CH2]C)[CH2]CCC. The van der Waals surface area contributed by atoms with Gasteiger partial charge in [0.1, 0.15) is 0 Å². The second kappa shape index (κ2) is 8.89. The topological polar surface area (TPSA) is 0 Å². The van der Waals surface area contributed by atoms with Crippen molar-refractivity contribution >= 4 is 19.8 Å². The summed E-state index contributed by atoms with van der Waals surface area (Å²) in [4.78, 5) is 0. The Morgan fingerprint density at radius 3 is 1.55 bits per heavy atom. The summed E-state index contributed by atoms with van der Waals surface area (Å²) in [5.41, 5.74) is 0. The van der Waals surface area contributed by atoms with Gasteiger partial charge >= 0.3 is 79.5 Å². The summed E-state index contributed by atoms with van der Waals surface area (Å²) in [6.45, 7) is 7.06. The monoisotopic (exact) mass is 264 g/mol. The average Bonchev–Trinajstić information content (AvgIpc) is 2.05. The molecule has 0 fully saturated rings. The first-order chi connectivity index (χ1) is 5.35. The molecule has 0 saturated heterocycles. The van der Waals surface area contributed by atoms with Crippen molar-refractivity contribution in [3.8, 4) is 0 Å². The van der Waals surface area contributed by atoms with Crippen LogP contribution < -0.4 is 0 Å². The summed E-state index contributed by atoms with van der Waals surface area (Å²) >= 11 is -0.899. The Hall–Kier alpha value is 0.799. The molecule has 0 rings (SSSR count). The predicted octanol–water partition coefficient (Wildman–Crippen LogP) is 3.83. The number of hydrogen-bond acceptors (Lipinski definition) is 0. The third kappa shape index (κ3) is 7.17. The van der Waals surface area contributed by atoms with Crippen molar-refractivity contribution in [2.24, 2.45) is 0 Å². The summed E-state index contributed by atoms with van der Waals surface area (Å²) in [5.74, 6) is 0. The van der Waals surface area contributed by atoms with Crippen LogP contribution in [0.2, 0.25) is 13.3 Å². The van der Waals surface area contributed by atoms with Crippen LogP contribution in [0.3, 0.4) is 0 Å². The Morgan fingerprint density at radius 1 is 0.818 bits per heavy atom. The fourth-order valence-electron chi connectivity index (χ4n) is 1.54. The molecule has 0 aromatic heterocycles. The second-order valence-electron chi connectivity index (χ2n) is 3.56. The van der Waals surface area contributed by atoms with E-state index in [-0.39, 0.29) is 0 Å².